The van der Waals surface area contributed by atoms with Gasteiger partial charge < -0.3 is 14.5 Å². The molecule has 150 valence electrons. The van der Waals surface area contributed by atoms with E-state index in [9.17, 15) is 9.18 Å². The molecule has 0 aliphatic heterocycles. The fourth-order valence-corrected chi connectivity index (χ4v) is 3.04. The lowest BCUT2D eigenvalue weighted by molar-refractivity contribution is 0.102. The van der Waals surface area contributed by atoms with E-state index in [2.05, 4.69) is 15.3 Å². The molecule has 2 aromatic carbocycles. The van der Waals surface area contributed by atoms with Gasteiger partial charge in [-0.1, -0.05) is 29.8 Å². The van der Waals surface area contributed by atoms with Gasteiger partial charge in [0, 0.05) is 11.6 Å². The summed E-state index contributed by atoms with van der Waals surface area (Å²) in [5.74, 6) is -0.117. The van der Waals surface area contributed by atoms with Gasteiger partial charge in [-0.25, -0.2) is 14.4 Å². The third kappa shape index (κ3) is 4.01. The van der Waals surface area contributed by atoms with Crippen LogP contribution >= 0.6 is 11.6 Å². The van der Waals surface area contributed by atoms with Gasteiger partial charge in [0.25, 0.3) is 5.91 Å². The van der Waals surface area contributed by atoms with Crippen molar-refractivity contribution in [2.45, 2.75) is 0 Å². The number of nitrogens with one attached hydrogen (secondary N) is 1. The Kier molecular flexibility index (Phi) is 5.45. The largest absolute Gasteiger partial charge is 0.493 e. The fourth-order valence-electron chi connectivity index (χ4n) is 2.83. The van der Waals surface area contributed by atoms with Gasteiger partial charge in [-0.15, -0.1) is 0 Å². The number of halogens is 2. The Labute approximate surface area is 175 Å². The van der Waals surface area contributed by atoms with Crippen LogP contribution in [0.25, 0.3) is 11.0 Å². The third-order valence-electron chi connectivity index (χ3n) is 4.24. The van der Waals surface area contributed by atoms with E-state index in [4.69, 9.17) is 20.8 Å². The van der Waals surface area contributed by atoms with Crippen molar-refractivity contribution < 1.29 is 18.3 Å². The SMILES string of the molecule is COc1cccc2cc(C(=O)Nc3ccccn3)c(=Nc3ccc(F)cc3Cl)oc12. The van der Waals surface area contributed by atoms with Crippen LogP contribution < -0.4 is 15.6 Å². The number of para-hydroxylation sites is 1. The summed E-state index contributed by atoms with van der Waals surface area (Å²) >= 11 is 6.11. The lowest BCUT2D eigenvalue weighted by atomic mass is 10.1. The van der Waals surface area contributed by atoms with Gasteiger partial charge in [0.05, 0.1) is 17.8 Å². The van der Waals surface area contributed by atoms with Gasteiger partial charge in [-0.3, -0.25) is 4.79 Å². The summed E-state index contributed by atoms with van der Waals surface area (Å²) in [6.07, 6.45) is 1.56. The second-order valence-corrected chi connectivity index (χ2v) is 6.63. The smallest absolute Gasteiger partial charge is 0.262 e. The summed E-state index contributed by atoms with van der Waals surface area (Å²) in [5, 5.41) is 3.43. The molecular formula is C22H15ClFN3O3. The summed E-state index contributed by atoms with van der Waals surface area (Å²) in [6.45, 7) is 0. The van der Waals surface area contributed by atoms with Crippen LogP contribution in [0.2, 0.25) is 5.02 Å². The van der Waals surface area contributed by atoms with Crippen molar-refractivity contribution in [1.29, 1.82) is 0 Å². The average molecular weight is 424 g/mol. The number of ether oxygens (including phenoxy) is 1. The summed E-state index contributed by atoms with van der Waals surface area (Å²) in [6, 6.07) is 15.8. The number of benzene rings is 2. The first kappa shape index (κ1) is 19.6. The number of carbonyl (C=O) groups excluding carboxylic acids is 1. The summed E-state index contributed by atoms with van der Waals surface area (Å²) in [7, 11) is 1.51. The number of pyridine rings is 1. The number of fused-ring (bicyclic) bond motifs is 1. The molecule has 1 amide bonds. The van der Waals surface area contributed by atoms with Crippen molar-refractivity contribution >= 4 is 40.0 Å². The lowest BCUT2D eigenvalue weighted by Gasteiger charge is -2.08. The Hall–Kier alpha value is -3.71. The molecule has 30 heavy (non-hydrogen) atoms. The molecule has 0 spiro atoms. The number of methoxy groups -OCH3 is 1. The Morgan fingerprint density at radius 3 is 2.77 bits per heavy atom. The standard InChI is InChI=1S/C22H15ClFN3O3/c1-29-18-6-4-5-13-11-15(21(28)27-19-7-2-3-10-25-19)22(30-20(13)18)26-17-9-8-14(24)12-16(17)23/h2-12H,1H3,(H,25,27,28). The van der Waals surface area contributed by atoms with Gasteiger partial charge in [0.15, 0.2) is 11.3 Å². The van der Waals surface area contributed by atoms with E-state index >= 15 is 0 Å². The molecule has 2 aromatic heterocycles. The molecule has 0 fully saturated rings. The molecule has 8 heteroatoms. The van der Waals surface area contributed by atoms with Crippen molar-refractivity contribution in [3.8, 4) is 5.75 Å². The van der Waals surface area contributed by atoms with Crippen molar-refractivity contribution in [1.82, 2.24) is 4.98 Å². The van der Waals surface area contributed by atoms with E-state index in [-0.39, 0.29) is 21.8 Å². The molecule has 4 rings (SSSR count). The third-order valence-corrected chi connectivity index (χ3v) is 4.54. The molecule has 0 radical (unpaired) electrons. The van der Waals surface area contributed by atoms with Crippen LogP contribution in [0.5, 0.6) is 5.75 Å². The number of carbonyl (C=O) groups is 1. The second-order valence-electron chi connectivity index (χ2n) is 6.22. The Balaban J connectivity index is 1.92. The molecule has 0 aliphatic rings. The molecule has 6 nitrogen and oxygen atoms in total. The van der Waals surface area contributed by atoms with Gasteiger partial charge in [-0.05, 0) is 42.5 Å². The Morgan fingerprint density at radius 2 is 2.03 bits per heavy atom. The molecule has 0 saturated heterocycles. The van der Waals surface area contributed by atoms with E-state index < -0.39 is 11.7 Å². The normalized spacial score (nSPS) is 11.5. The van der Waals surface area contributed by atoms with Crippen molar-refractivity contribution in [3.63, 3.8) is 0 Å². The van der Waals surface area contributed by atoms with Crippen LogP contribution in [-0.2, 0) is 0 Å². The first-order valence-corrected chi connectivity index (χ1v) is 9.26. The number of hydrogen-bond donors (Lipinski definition) is 1. The summed E-state index contributed by atoms with van der Waals surface area (Å²) in [5.41, 5.74) is 0.810. The van der Waals surface area contributed by atoms with E-state index in [1.807, 2.05) is 0 Å². The van der Waals surface area contributed by atoms with E-state index in [1.165, 1.54) is 19.2 Å². The highest BCUT2D eigenvalue weighted by Gasteiger charge is 2.16. The minimum Gasteiger partial charge on any atom is -0.493 e. The molecule has 4 aromatic rings. The number of amides is 1. The van der Waals surface area contributed by atoms with Crippen LogP contribution in [0.1, 0.15) is 10.4 Å². The monoisotopic (exact) mass is 423 g/mol. The maximum absolute atomic E-state index is 13.4. The van der Waals surface area contributed by atoms with E-state index in [1.54, 1.807) is 48.7 Å². The minimum atomic E-state index is -0.496. The highest BCUT2D eigenvalue weighted by molar-refractivity contribution is 6.32. The van der Waals surface area contributed by atoms with Crippen LogP contribution in [-0.4, -0.2) is 18.0 Å². The van der Waals surface area contributed by atoms with Crippen LogP contribution in [0.3, 0.4) is 0 Å². The minimum absolute atomic E-state index is 0.00561. The topological polar surface area (TPSA) is 76.7 Å². The summed E-state index contributed by atoms with van der Waals surface area (Å²) < 4.78 is 24.7. The highest BCUT2D eigenvalue weighted by Crippen LogP contribution is 2.27. The van der Waals surface area contributed by atoms with Gasteiger partial charge in [-0.2, -0.15) is 0 Å². The first-order chi connectivity index (χ1) is 14.5. The molecule has 2 heterocycles. The molecular weight excluding hydrogens is 409 g/mol. The predicted octanol–water partition coefficient (Wildman–Crippen LogP) is 5.11. The maximum Gasteiger partial charge on any atom is 0.262 e. The number of nitrogens with zero attached hydrogens (tertiary/aromatic N) is 2. The second kappa shape index (κ2) is 8.34. The zero-order valence-corrected chi connectivity index (χ0v) is 16.5. The average Bonchev–Trinajstić information content (AvgIpc) is 2.75. The Morgan fingerprint density at radius 1 is 1.17 bits per heavy atom. The molecule has 0 atom stereocenters. The zero-order valence-electron chi connectivity index (χ0n) is 15.7. The van der Waals surface area contributed by atoms with Crippen molar-refractivity contribution in [2.24, 2.45) is 4.99 Å². The van der Waals surface area contributed by atoms with Crippen molar-refractivity contribution in [3.05, 3.63) is 88.8 Å². The molecule has 0 unspecified atom stereocenters. The van der Waals surface area contributed by atoms with Crippen LogP contribution in [0, 0.1) is 5.82 Å². The number of anilines is 1. The number of aromatic nitrogens is 1. The zero-order chi connectivity index (χ0) is 21.1. The van der Waals surface area contributed by atoms with Crippen LogP contribution in [0.15, 0.2) is 76.3 Å². The highest BCUT2D eigenvalue weighted by atomic mass is 35.5. The van der Waals surface area contributed by atoms with Crippen molar-refractivity contribution in [2.75, 3.05) is 12.4 Å². The van der Waals surface area contributed by atoms with Gasteiger partial charge >= 0.3 is 0 Å². The lowest BCUT2D eigenvalue weighted by Crippen LogP contribution is -2.22. The molecule has 0 aliphatic carbocycles. The molecule has 0 bridgehead atoms. The quantitative estimate of drug-likeness (QED) is 0.494. The molecule has 1 N–H and O–H groups in total. The predicted molar refractivity (Wildman–Crippen MR) is 112 cm³/mol. The maximum atomic E-state index is 13.4. The number of hydrogen-bond acceptors (Lipinski definition) is 5. The fraction of sp³-hybridized carbons (Fsp3) is 0.0455. The first-order valence-electron chi connectivity index (χ1n) is 8.88. The van der Waals surface area contributed by atoms with E-state index in [0.29, 0.717) is 22.5 Å². The Bertz CT molecular complexity index is 1310. The van der Waals surface area contributed by atoms with E-state index in [0.717, 1.165) is 6.07 Å². The van der Waals surface area contributed by atoms with Gasteiger partial charge in [0.2, 0.25) is 5.55 Å². The van der Waals surface area contributed by atoms with Crippen LogP contribution in [0.4, 0.5) is 15.9 Å². The van der Waals surface area contributed by atoms with Gasteiger partial charge in [0.1, 0.15) is 17.2 Å². The number of rotatable bonds is 4. The molecule has 0 saturated carbocycles. The summed E-state index contributed by atoms with van der Waals surface area (Å²) in [4.78, 5) is 21.4.